The van der Waals surface area contributed by atoms with Crippen LogP contribution in [0.1, 0.15) is 45.5 Å². The molecule has 4 heteroatoms. The largest absolute Gasteiger partial charge is 0.305 e. The fraction of sp³-hybridized carbons (Fsp3) is 0.304. The average molecular weight is 375 g/mol. The molecule has 0 atom stereocenters. The molecule has 2 aromatic carbocycles. The Balaban J connectivity index is 1.81. The Hall–Kier alpha value is -2.64. The summed E-state index contributed by atoms with van der Waals surface area (Å²) in [5, 5.41) is 0. The Morgan fingerprint density at radius 2 is 1.89 bits per heavy atom. The molecule has 1 aliphatic carbocycles. The van der Waals surface area contributed by atoms with Crippen LogP contribution in [-0.2, 0) is 19.4 Å². The van der Waals surface area contributed by atoms with Gasteiger partial charge in [-0.3, -0.25) is 4.79 Å². The van der Waals surface area contributed by atoms with Crippen molar-refractivity contribution in [2.24, 2.45) is 4.99 Å². The van der Waals surface area contributed by atoms with Crippen LogP contribution < -0.4 is 4.80 Å². The van der Waals surface area contributed by atoms with Crippen molar-refractivity contribution in [2.45, 2.75) is 46.1 Å². The smallest absolute Gasteiger partial charge is 0.279 e. The summed E-state index contributed by atoms with van der Waals surface area (Å²) in [7, 11) is 0. The number of terminal acetylenes is 1. The van der Waals surface area contributed by atoms with Crippen molar-refractivity contribution >= 4 is 27.5 Å². The highest BCUT2D eigenvalue weighted by Crippen LogP contribution is 2.24. The second-order valence-electron chi connectivity index (χ2n) is 7.19. The van der Waals surface area contributed by atoms with Crippen LogP contribution in [0.25, 0.3) is 10.2 Å². The molecule has 1 aliphatic rings. The van der Waals surface area contributed by atoms with Crippen LogP contribution in [0.4, 0.5) is 0 Å². The first-order valence-corrected chi connectivity index (χ1v) is 10.1. The van der Waals surface area contributed by atoms with E-state index < -0.39 is 0 Å². The van der Waals surface area contributed by atoms with Gasteiger partial charge in [-0.2, -0.15) is 4.99 Å². The van der Waals surface area contributed by atoms with E-state index in [2.05, 4.69) is 43.0 Å². The van der Waals surface area contributed by atoms with Gasteiger partial charge in [-0.25, -0.2) is 0 Å². The van der Waals surface area contributed by atoms with Gasteiger partial charge in [-0.1, -0.05) is 23.3 Å². The summed E-state index contributed by atoms with van der Waals surface area (Å²) in [4.78, 5) is 17.9. The van der Waals surface area contributed by atoms with Crippen molar-refractivity contribution in [1.29, 1.82) is 0 Å². The molecule has 0 fully saturated rings. The molecular weight excluding hydrogens is 352 g/mol. The summed E-state index contributed by atoms with van der Waals surface area (Å²) in [6.45, 7) is 4.58. The molecule has 3 nitrogen and oxygen atoms in total. The lowest BCUT2D eigenvalue weighted by molar-refractivity contribution is 0.0998. The lowest BCUT2D eigenvalue weighted by Gasteiger charge is -2.15. The van der Waals surface area contributed by atoms with E-state index in [1.807, 2.05) is 16.7 Å². The summed E-state index contributed by atoms with van der Waals surface area (Å²) in [5.41, 5.74) is 6.79. The van der Waals surface area contributed by atoms with Gasteiger partial charge in [0.15, 0.2) is 4.80 Å². The first-order valence-electron chi connectivity index (χ1n) is 9.32. The van der Waals surface area contributed by atoms with Crippen LogP contribution >= 0.6 is 11.3 Å². The molecule has 0 radical (unpaired) electrons. The summed E-state index contributed by atoms with van der Waals surface area (Å²) in [6, 6.07) is 10.3. The SMILES string of the molecule is C#CCn1c(=NC(=O)c2ccc3c(c2)CCCC3)sc2cc(C)c(C)cc21. The number of hydrogen-bond donors (Lipinski definition) is 0. The zero-order valence-electron chi connectivity index (χ0n) is 15.7. The lowest BCUT2D eigenvalue weighted by atomic mass is 9.90. The van der Waals surface area contributed by atoms with Gasteiger partial charge in [0.1, 0.15) is 0 Å². The Bertz CT molecular complexity index is 1160. The van der Waals surface area contributed by atoms with E-state index in [4.69, 9.17) is 6.42 Å². The normalized spacial score (nSPS) is 14.2. The Morgan fingerprint density at radius 1 is 1.15 bits per heavy atom. The van der Waals surface area contributed by atoms with Crippen LogP contribution in [0, 0.1) is 26.2 Å². The number of thiazole rings is 1. The van der Waals surface area contributed by atoms with Crippen molar-refractivity contribution in [3.05, 3.63) is 63.0 Å². The van der Waals surface area contributed by atoms with Crippen molar-refractivity contribution in [3.63, 3.8) is 0 Å². The molecule has 0 saturated heterocycles. The molecule has 4 rings (SSSR count). The minimum absolute atomic E-state index is 0.200. The van der Waals surface area contributed by atoms with Crippen LogP contribution in [0.15, 0.2) is 35.3 Å². The van der Waals surface area contributed by atoms with Gasteiger partial charge in [0.25, 0.3) is 5.91 Å². The minimum Gasteiger partial charge on any atom is -0.305 e. The van der Waals surface area contributed by atoms with E-state index in [1.165, 1.54) is 46.4 Å². The molecular formula is C23H22N2OS. The van der Waals surface area contributed by atoms with Crippen molar-refractivity contribution in [3.8, 4) is 12.3 Å². The van der Waals surface area contributed by atoms with E-state index in [1.54, 1.807) is 0 Å². The van der Waals surface area contributed by atoms with Gasteiger partial charge in [0.05, 0.1) is 16.8 Å². The van der Waals surface area contributed by atoms with Crippen molar-refractivity contribution in [2.75, 3.05) is 0 Å². The number of carbonyl (C=O) groups is 1. The Morgan fingerprint density at radius 3 is 2.67 bits per heavy atom. The molecule has 3 aromatic rings. The van der Waals surface area contributed by atoms with Crippen LogP contribution in [0.5, 0.6) is 0 Å². The van der Waals surface area contributed by atoms with Gasteiger partial charge in [-0.15, -0.1) is 6.42 Å². The number of rotatable bonds is 2. The van der Waals surface area contributed by atoms with E-state index in [0.717, 1.165) is 23.1 Å². The number of hydrogen-bond acceptors (Lipinski definition) is 2. The maximum atomic E-state index is 12.8. The van der Waals surface area contributed by atoms with Crippen LogP contribution in [0.2, 0.25) is 0 Å². The minimum atomic E-state index is -0.200. The number of nitrogens with zero attached hydrogens (tertiary/aromatic N) is 2. The molecule has 0 bridgehead atoms. The average Bonchev–Trinajstić information content (AvgIpc) is 2.98. The number of fused-ring (bicyclic) bond motifs is 2. The lowest BCUT2D eigenvalue weighted by Crippen LogP contribution is -2.16. The standard InChI is InChI=1S/C23H22N2OS/c1-4-11-25-20-12-15(2)16(3)13-21(20)27-23(25)24-22(26)19-10-9-17-7-5-6-8-18(17)14-19/h1,9-10,12-14H,5-8,11H2,2-3H3. The van der Waals surface area contributed by atoms with E-state index >= 15 is 0 Å². The zero-order chi connectivity index (χ0) is 19.0. The molecule has 0 unspecified atom stereocenters. The molecule has 1 heterocycles. The van der Waals surface area contributed by atoms with Gasteiger partial charge in [0.2, 0.25) is 0 Å². The summed E-state index contributed by atoms with van der Waals surface area (Å²) >= 11 is 1.52. The van der Waals surface area contributed by atoms with Gasteiger partial charge in [0, 0.05) is 5.56 Å². The third kappa shape index (κ3) is 3.36. The summed E-state index contributed by atoms with van der Waals surface area (Å²) in [6.07, 6.45) is 10.2. The number of carbonyl (C=O) groups excluding carboxylic acids is 1. The zero-order valence-corrected chi connectivity index (χ0v) is 16.5. The van der Waals surface area contributed by atoms with E-state index in [0.29, 0.717) is 16.9 Å². The number of benzene rings is 2. The molecule has 0 aliphatic heterocycles. The van der Waals surface area contributed by atoms with Crippen molar-refractivity contribution in [1.82, 2.24) is 4.57 Å². The fourth-order valence-corrected chi connectivity index (χ4v) is 4.78. The monoisotopic (exact) mass is 374 g/mol. The van der Waals surface area contributed by atoms with E-state index in [-0.39, 0.29) is 5.91 Å². The highest BCUT2D eigenvalue weighted by atomic mass is 32.1. The van der Waals surface area contributed by atoms with Crippen LogP contribution in [-0.4, -0.2) is 10.5 Å². The fourth-order valence-electron chi connectivity index (χ4n) is 3.67. The number of aryl methyl sites for hydroxylation is 4. The third-order valence-corrected chi connectivity index (χ3v) is 6.38. The Labute approximate surface area is 163 Å². The Kier molecular flexibility index (Phi) is 4.72. The highest BCUT2D eigenvalue weighted by Gasteiger charge is 2.14. The molecule has 0 saturated carbocycles. The van der Waals surface area contributed by atoms with Gasteiger partial charge < -0.3 is 4.57 Å². The van der Waals surface area contributed by atoms with Crippen LogP contribution in [0.3, 0.4) is 0 Å². The second kappa shape index (κ2) is 7.17. The van der Waals surface area contributed by atoms with E-state index in [9.17, 15) is 4.79 Å². The quantitative estimate of drug-likeness (QED) is 0.605. The maximum Gasteiger partial charge on any atom is 0.279 e. The third-order valence-electron chi connectivity index (χ3n) is 5.34. The number of aromatic nitrogens is 1. The first kappa shape index (κ1) is 17.8. The van der Waals surface area contributed by atoms with Gasteiger partial charge in [-0.05, 0) is 86.1 Å². The molecule has 1 amide bonds. The highest BCUT2D eigenvalue weighted by molar-refractivity contribution is 7.16. The first-order chi connectivity index (χ1) is 13.1. The summed E-state index contributed by atoms with van der Waals surface area (Å²) < 4.78 is 3.06. The molecule has 0 spiro atoms. The molecule has 136 valence electrons. The molecule has 0 N–H and O–H groups in total. The predicted octanol–water partition coefficient (Wildman–Crippen LogP) is 4.57. The topological polar surface area (TPSA) is 34.4 Å². The van der Waals surface area contributed by atoms with Crippen molar-refractivity contribution < 1.29 is 4.79 Å². The maximum absolute atomic E-state index is 12.8. The van der Waals surface area contributed by atoms with Gasteiger partial charge >= 0.3 is 0 Å². The number of amides is 1. The molecule has 27 heavy (non-hydrogen) atoms. The molecule has 1 aromatic heterocycles. The predicted molar refractivity (Wildman–Crippen MR) is 111 cm³/mol. The summed E-state index contributed by atoms with van der Waals surface area (Å²) in [5.74, 6) is 2.49. The second-order valence-corrected chi connectivity index (χ2v) is 8.20.